The van der Waals surface area contributed by atoms with Crippen molar-refractivity contribution in [3.8, 4) is 0 Å². The van der Waals surface area contributed by atoms with E-state index >= 15 is 0 Å². The third-order valence-corrected chi connectivity index (χ3v) is 3.57. The van der Waals surface area contributed by atoms with Gasteiger partial charge in [0.15, 0.2) is 0 Å². The molecule has 3 heteroatoms. The van der Waals surface area contributed by atoms with Crippen LogP contribution in [0.5, 0.6) is 0 Å². The smallest absolute Gasteiger partial charge is 0.214 e. The predicted octanol–water partition coefficient (Wildman–Crippen LogP) is 3.25. The zero-order valence-electron chi connectivity index (χ0n) is 6.29. The van der Waals surface area contributed by atoms with Crippen LogP contribution in [0.1, 0.15) is 33.1 Å². The van der Waals surface area contributed by atoms with Gasteiger partial charge in [0.1, 0.15) is 0 Å². The minimum atomic E-state index is -0.358. The van der Waals surface area contributed by atoms with E-state index in [2.05, 4.69) is 38.8 Å². The maximum absolute atomic E-state index is 10.8. The summed E-state index contributed by atoms with van der Waals surface area (Å²) in [6.07, 6.45) is 3.11. The van der Waals surface area contributed by atoms with E-state index in [9.17, 15) is 4.79 Å². The molecule has 0 amide bonds. The highest BCUT2D eigenvalue weighted by Gasteiger charge is 2.26. The molecular weight excluding hydrogens is 260 g/mol. The molecule has 0 radical (unpaired) electrons. The van der Waals surface area contributed by atoms with E-state index in [1.807, 2.05) is 6.92 Å². The van der Waals surface area contributed by atoms with Gasteiger partial charge < -0.3 is 0 Å². The zero-order valence-corrected chi connectivity index (χ0v) is 9.46. The number of unbranched alkanes of at least 4 members (excludes halogenated alkanes) is 1. The molecule has 0 fully saturated rings. The first-order chi connectivity index (χ1) is 4.50. The van der Waals surface area contributed by atoms with Gasteiger partial charge in [-0.05, 0) is 29.3 Å². The summed E-state index contributed by atoms with van der Waals surface area (Å²) in [6, 6.07) is 0. The van der Waals surface area contributed by atoms with Crippen molar-refractivity contribution in [3.05, 3.63) is 0 Å². The molecule has 0 aromatic heterocycles. The molecule has 1 atom stereocenters. The third kappa shape index (κ3) is 3.71. The van der Waals surface area contributed by atoms with Gasteiger partial charge in [-0.2, -0.15) is 0 Å². The minimum absolute atomic E-state index is 0.0356. The summed E-state index contributed by atoms with van der Waals surface area (Å²) in [5.41, 5.74) is 0. The van der Waals surface area contributed by atoms with Crippen molar-refractivity contribution in [2.24, 2.45) is 0 Å². The van der Waals surface area contributed by atoms with Crippen molar-refractivity contribution < 1.29 is 4.79 Å². The Kier molecular flexibility index (Phi) is 4.78. The van der Waals surface area contributed by atoms with Crippen molar-refractivity contribution in [1.82, 2.24) is 0 Å². The SMILES string of the molecule is CCCCC(C)(Br)C(=O)Br. The molecule has 60 valence electrons. The molecule has 0 saturated carbocycles. The Morgan fingerprint density at radius 1 is 1.60 bits per heavy atom. The topological polar surface area (TPSA) is 17.1 Å². The summed E-state index contributed by atoms with van der Waals surface area (Å²) in [5, 5.41) is 0. The number of alkyl halides is 1. The number of carbonyl (C=O) groups is 1. The van der Waals surface area contributed by atoms with Gasteiger partial charge in [-0.25, -0.2) is 0 Å². The second-order valence-corrected chi connectivity index (χ2v) is 5.05. The van der Waals surface area contributed by atoms with Crippen LogP contribution in [0.3, 0.4) is 0 Å². The van der Waals surface area contributed by atoms with E-state index in [1.54, 1.807) is 0 Å². The van der Waals surface area contributed by atoms with Crippen molar-refractivity contribution in [2.75, 3.05) is 0 Å². The number of hydrogen-bond acceptors (Lipinski definition) is 1. The Bertz CT molecular complexity index is 121. The van der Waals surface area contributed by atoms with Gasteiger partial charge >= 0.3 is 0 Å². The molecule has 0 aromatic carbocycles. The fourth-order valence-corrected chi connectivity index (χ4v) is 1.09. The van der Waals surface area contributed by atoms with Crippen LogP contribution in [-0.4, -0.2) is 9.02 Å². The van der Waals surface area contributed by atoms with Gasteiger partial charge in [-0.15, -0.1) is 0 Å². The number of halogens is 2. The fraction of sp³-hybridized carbons (Fsp3) is 0.857. The average molecular weight is 272 g/mol. The average Bonchev–Trinajstić information content (AvgIpc) is 1.84. The Balaban J connectivity index is 3.75. The summed E-state index contributed by atoms with van der Waals surface area (Å²) >= 11 is 6.29. The van der Waals surface area contributed by atoms with Crippen molar-refractivity contribution in [1.29, 1.82) is 0 Å². The van der Waals surface area contributed by atoms with E-state index in [1.165, 1.54) is 0 Å². The zero-order chi connectivity index (χ0) is 8.20. The van der Waals surface area contributed by atoms with Gasteiger partial charge in [0.25, 0.3) is 0 Å². The maximum Gasteiger partial charge on any atom is 0.214 e. The van der Waals surface area contributed by atoms with Crippen LogP contribution in [0.4, 0.5) is 0 Å². The van der Waals surface area contributed by atoms with Crippen molar-refractivity contribution in [3.63, 3.8) is 0 Å². The molecule has 0 aromatic rings. The lowest BCUT2D eigenvalue weighted by atomic mass is 10.1. The van der Waals surface area contributed by atoms with Crippen LogP contribution in [0.25, 0.3) is 0 Å². The van der Waals surface area contributed by atoms with E-state index < -0.39 is 0 Å². The van der Waals surface area contributed by atoms with E-state index in [4.69, 9.17) is 0 Å². The fourth-order valence-electron chi connectivity index (χ4n) is 0.607. The second kappa shape index (κ2) is 4.50. The molecule has 0 N–H and O–H groups in total. The standard InChI is InChI=1S/C7H12Br2O/c1-3-4-5-7(2,9)6(8)10/h3-5H2,1-2H3. The summed E-state index contributed by atoms with van der Waals surface area (Å²) in [7, 11) is 0. The normalized spacial score (nSPS) is 16.4. The van der Waals surface area contributed by atoms with Crippen molar-refractivity contribution >= 4 is 36.6 Å². The number of rotatable bonds is 4. The molecule has 0 aliphatic rings. The first-order valence-corrected chi connectivity index (χ1v) is 4.98. The Morgan fingerprint density at radius 2 is 2.10 bits per heavy atom. The summed E-state index contributed by atoms with van der Waals surface area (Å²) in [5.74, 6) is 0. The van der Waals surface area contributed by atoms with E-state index in [0.29, 0.717) is 0 Å². The highest BCUT2D eigenvalue weighted by molar-refractivity contribution is 9.20. The molecule has 0 aliphatic heterocycles. The molecule has 0 saturated heterocycles. The van der Waals surface area contributed by atoms with Gasteiger partial charge in [0.05, 0.1) is 4.32 Å². The lowest BCUT2D eigenvalue weighted by Gasteiger charge is -2.16. The molecule has 1 nitrogen and oxygen atoms in total. The molecule has 0 rings (SSSR count). The van der Waals surface area contributed by atoms with Gasteiger partial charge in [0, 0.05) is 0 Å². The summed E-state index contributed by atoms with van der Waals surface area (Å²) < 4.78 is -0.323. The number of hydrogen-bond donors (Lipinski definition) is 0. The van der Waals surface area contributed by atoms with Crippen LogP contribution in [-0.2, 0) is 4.79 Å². The largest absolute Gasteiger partial charge is 0.285 e. The number of carbonyl (C=O) groups excluding carboxylic acids is 1. The highest BCUT2D eigenvalue weighted by Crippen LogP contribution is 2.27. The molecule has 0 bridgehead atoms. The van der Waals surface area contributed by atoms with Crippen LogP contribution < -0.4 is 0 Å². The van der Waals surface area contributed by atoms with Crippen LogP contribution >= 0.6 is 31.9 Å². The van der Waals surface area contributed by atoms with E-state index in [-0.39, 0.29) is 9.02 Å². The summed E-state index contributed by atoms with van der Waals surface area (Å²) in [6.45, 7) is 4.00. The predicted molar refractivity (Wildman–Crippen MR) is 50.8 cm³/mol. The van der Waals surface area contributed by atoms with E-state index in [0.717, 1.165) is 19.3 Å². The Hall–Kier alpha value is 0.630. The molecular formula is C7H12Br2O. The summed E-state index contributed by atoms with van der Waals surface area (Å²) in [4.78, 5) is 10.8. The van der Waals surface area contributed by atoms with Crippen molar-refractivity contribution in [2.45, 2.75) is 37.4 Å². The maximum atomic E-state index is 10.8. The molecule has 10 heavy (non-hydrogen) atoms. The Morgan fingerprint density at radius 3 is 2.40 bits per heavy atom. The lowest BCUT2D eigenvalue weighted by Crippen LogP contribution is -2.22. The van der Waals surface area contributed by atoms with Crippen LogP contribution in [0.2, 0.25) is 0 Å². The lowest BCUT2D eigenvalue weighted by molar-refractivity contribution is -0.112. The van der Waals surface area contributed by atoms with Gasteiger partial charge in [-0.3, -0.25) is 4.79 Å². The minimum Gasteiger partial charge on any atom is -0.285 e. The first kappa shape index (κ1) is 10.6. The van der Waals surface area contributed by atoms with Crippen LogP contribution in [0, 0.1) is 0 Å². The molecule has 1 unspecified atom stereocenters. The first-order valence-electron chi connectivity index (χ1n) is 3.39. The van der Waals surface area contributed by atoms with Gasteiger partial charge in [-0.1, -0.05) is 35.7 Å². The monoisotopic (exact) mass is 270 g/mol. The second-order valence-electron chi connectivity index (χ2n) is 2.57. The molecule has 0 spiro atoms. The quantitative estimate of drug-likeness (QED) is 0.567. The van der Waals surface area contributed by atoms with Gasteiger partial charge in [0.2, 0.25) is 4.69 Å². The highest BCUT2D eigenvalue weighted by atomic mass is 79.9. The molecule has 0 aliphatic carbocycles. The van der Waals surface area contributed by atoms with Crippen LogP contribution in [0.15, 0.2) is 0 Å². The Labute approximate surface area is 78.8 Å². The molecule has 0 heterocycles. The third-order valence-electron chi connectivity index (χ3n) is 1.41.